The first-order valence-corrected chi connectivity index (χ1v) is 8.47. The highest BCUT2D eigenvalue weighted by molar-refractivity contribution is 6.28. The number of aromatic amines is 1. The van der Waals surface area contributed by atoms with Gasteiger partial charge in [-0.15, -0.1) is 0 Å². The summed E-state index contributed by atoms with van der Waals surface area (Å²) in [4.78, 5) is 25.6. The minimum Gasteiger partial charge on any atom is -0.473 e. The van der Waals surface area contributed by atoms with Crippen LogP contribution in [0.3, 0.4) is 0 Å². The Morgan fingerprint density at radius 2 is 1.89 bits per heavy atom. The Morgan fingerprint density at radius 1 is 1.11 bits per heavy atom. The second-order valence-corrected chi connectivity index (χ2v) is 5.94. The summed E-state index contributed by atoms with van der Waals surface area (Å²) in [5, 5.41) is 12.9. The number of benzene rings is 2. The van der Waals surface area contributed by atoms with E-state index < -0.39 is 24.3 Å². The number of carbonyl (C=O) groups excluding carboxylic acids is 1. The number of carbonyl (C=O) groups is 2. The normalized spacial score (nSPS) is 13.1. The number of hydrogen-bond donors (Lipinski definition) is 3. The van der Waals surface area contributed by atoms with Crippen molar-refractivity contribution >= 4 is 22.8 Å². The van der Waals surface area contributed by atoms with E-state index in [0.29, 0.717) is 11.3 Å². The number of hydrogen-bond acceptors (Lipinski definition) is 5. The van der Waals surface area contributed by atoms with Gasteiger partial charge in [0.25, 0.3) is 0 Å². The van der Waals surface area contributed by atoms with Gasteiger partial charge in [-0.25, -0.2) is 9.59 Å². The number of aromatic nitrogens is 1. The summed E-state index contributed by atoms with van der Waals surface area (Å²) in [5.74, 6) is -2.28. The second kappa shape index (κ2) is 8.37. The molecule has 1 unspecified atom stereocenters. The van der Waals surface area contributed by atoms with E-state index in [2.05, 4.69) is 10.3 Å². The van der Waals surface area contributed by atoms with E-state index in [4.69, 9.17) is 14.6 Å². The fraction of sp³-hybridized carbons (Fsp3) is 0.200. The van der Waals surface area contributed by atoms with Crippen LogP contribution in [0.15, 0.2) is 60.8 Å². The molecule has 2 aromatic carbocycles. The summed E-state index contributed by atoms with van der Waals surface area (Å²) in [6.45, 7) is 0. The van der Waals surface area contributed by atoms with E-state index in [0.717, 1.165) is 10.9 Å². The largest absolute Gasteiger partial charge is 0.473 e. The lowest BCUT2D eigenvalue weighted by Crippen LogP contribution is -2.34. The highest BCUT2D eigenvalue weighted by Gasteiger charge is 2.25. The molecule has 27 heavy (non-hydrogen) atoms. The summed E-state index contributed by atoms with van der Waals surface area (Å²) in [7, 11) is 1.72. The van der Waals surface area contributed by atoms with Crippen molar-refractivity contribution in [1.29, 1.82) is 0 Å². The van der Waals surface area contributed by atoms with Gasteiger partial charge in [0, 0.05) is 18.0 Å². The lowest BCUT2D eigenvalue weighted by Gasteiger charge is -2.24. The van der Waals surface area contributed by atoms with Crippen LogP contribution in [0.1, 0.15) is 18.1 Å². The van der Waals surface area contributed by atoms with E-state index >= 15 is 0 Å². The minimum absolute atomic E-state index is 0.233. The van der Waals surface area contributed by atoms with Gasteiger partial charge in [0.15, 0.2) is 6.23 Å². The Kier molecular flexibility index (Phi) is 5.73. The Bertz CT molecular complexity index is 922. The SMILES string of the molecule is CNC(C[C@@H](OC(=O)C(=O)O)c1ccccc1)Oc1cccc2cc[nH]c12. The molecule has 1 heterocycles. The van der Waals surface area contributed by atoms with Gasteiger partial charge in [-0.2, -0.15) is 0 Å². The fourth-order valence-corrected chi connectivity index (χ4v) is 2.83. The van der Waals surface area contributed by atoms with Crippen molar-refractivity contribution in [2.75, 3.05) is 7.05 Å². The molecular formula is C20H20N2O5. The number of H-pyrrole nitrogens is 1. The number of rotatable bonds is 7. The van der Waals surface area contributed by atoms with Crippen LogP contribution in [-0.4, -0.2) is 35.3 Å². The molecule has 0 amide bonds. The first-order chi connectivity index (χ1) is 13.1. The first-order valence-electron chi connectivity index (χ1n) is 8.47. The smallest absolute Gasteiger partial charge is 0.417 e. The van der Waals surface area contributed by atoms with Crippen LogP contribution in [0.25, 0.3) is 10.9 Å². The van der Waals surface area contributed by atoms with Gasteiger partial charge < -0.3 is 19.6 Å². The van der Waals surface area contributed by atoms with Crippen LogP contribution in [0.5, 0.6) is 5.75 Å². The van der Waals surface area contributed by atoms with Crippen LogP contribution in [0, 0.1) is 0 Å². The summed E-state index contributed by atoms with van der Waals surface area (Å²) >= 11 is 0. The van der Waals surface area contributed by atoms with E-state index in [1.165, 1.54) is 0 Å². The lowest BCUT2D eigenvalue weighted by molar-refractivity contribution is -0.168. The number of aliphatic carboxylic acids is 1. The monoisotopic (exact) mass is 368 g/mol. The van der Waals surface area contributed by atoms with Gasteiger partial charge in [0.05, 0.1) is 5.52 Å². The van der Waals surface area contributed by atoms with E-state index in [1.54, 1.807) is 31.3 Å². The molecule has 0 saturated carbocycles. The van der Waals surface area contributed by atoms with Crippen molar-refractivity contribution in [2.24, 2.45) is 0 Å². The molecule has 0 bridgehead atoms. The number of carboxylic acids is 1. The molecule has 0 spiro atoms. The second-order valence-electron chi connectivity index (χ2n) is 5.94. The minimum atomic E-state index is -1.63. The van der Waals surface area contributed by atoms with Crippen LogP contribution >= 0.6 is 0 Å². The Labute approximate surface area is 155 Å². The van der Waals surface area contributed by atoms with Crippen molar-refractivity contribution in [3.05, 3.63) is 66.4 Å². The molecule has 1 aromatic heterocycles. The quantitative estimate of drug-likeness (QED) is 0.337. The molecule has 0 aliphatic rings. The predicted octanol–water partition coefficient (Wildman–Crippen LogP) is 2.85. The molecule has 0 aliphatic carbocycles. The average Bonchev–Trinajstić information content (AvgIpc) is 3.17. The van der Waals surface area contributed by atoms with Gasteiger partial charge in [0.2, 0.25) is 0 Å². The van der Waals surface area contributed by atoms with Gasteiger partial charge in [0.1, 0.15) is 11.9 Å². The number of esters is 1. The standard InChI is InChI=1S/C20H20N2O5/c1-21-17(26-15-9-5-8-14-10-11-22-18(14)15)12-16(27-20(25)19(23)24)13-6-3-2-4-7-13/h2-11,16-17,21-22H,12H2,1H3,(H,23,24)/t16-,17?/m1/s1. The first kappa shape index (κ1) is 18.5. The van der Waals surface area contributed by atoms with Crippen LogP contribution < -0.4 is 10.1 Å². The molecule has 7 nitrogen and oxygen atoms in total. The highest BCUT2D eigenvalue weighted by Crippen LogP contribution is 2.28. The summed E-state index contributed by atoms with van der Waals surface area (Å²) < 4.78 is 11.2. The van der Waals surface area contributed by atoms with E-state index in [-0.39, 0.29) is 6.42 Å². The number of carboxylic acid groups (broad SMARTS) is 1. The van der Waals surface area contributed by atoms with Crippen molar-refractivity contribution in [2.45, 2.75) is 18.8 Å². The van der Waals surface area contributed by atoms with E-state index in [9.17, 15) is 9.59 Å². The third-order valence-corrected chi connectivity index (χ3v) is 4.16. The lowest BCUT2D eigenvalue weighted by atomic mass is 10.1. The Balaban J connectivity index is 1.81. The number of fused-ring (bicyclic) bond motifs is 1. The maximum Gasteiger partial charge on any atom is 0.417 e. The molecule has 0 fully saturated rings. The van der Waals surface area contributed by atoms with Crippen molar-refractivity contribution in [3.8, 4) is 5.75 Å². The van der Waals surface area contributed by atoms with Crippen LogP contribution in [0.2, 0.25) is 0 Å². The number of ether oxygens (including phenoxy) is 2. The predicted molar refractivity (Wildman–Crippen MR) is 99.3 cm³/mol. The Morgan fingerprint density at radius 3 is 2.59 bits per heavy atom. The van der Waals surface area contributed by atoms with Crippen LogP contribution in [0.4, 0.5) is 0 Å². The zero-order valence-corrected chi connectivity index (χ0v) is 14.7. The molecular weight excluding hydrogens is 348 g/mol. The van der Waals surface area contributed by atoms with Crippen molar-refractivity contribution < 1.29 is 24.2 Å². The summed E-state index contributed by atoms with van der Waals surface area (Å²) in [6, 6.07) is 16.6. The van der Waals surface area contributed by atoms with Crippen molar-refractivity contribution in [1.82, 2.24) is 10.3 Å². The topological polar surface area (TPSA) is 101 Å². The highest BCUT2D eigenvalue weighted by atomic mass is 16.6. The molecule has 0 radical (unpaired) electrons. The molecule has 3 rings (SSSR count). The Hall–Kier alpha value is -3.32. The molecule has 0 saturated heterocycles. The number of nitrogens with one attached hydrogen (secondary N) is 2. The molecule has 7 heteroatoms. The molecule has 0 aliphatic heterocycles. The maximum absolute atomic E-state index is 11.6. The van der Waals surface area contributed by atoms with E-state index in [1.807, 2.05) is 36.5 Å². The zero-order valence-electron chi connectivity index (χ0n) is 14.7. The molecule has 3 aromatic rings. The number of para-hydroxylation sites is 1. The van der Waals surface area contributed by atoms with Gasteiger partial charge >= 0.3 is 11.9 Å². The zero-order chi connectivity index (χ0) is 19.2. The molecule has 2 atom stereocenters. The molecule has 140 valence electrons. The third kappa shape index (κ3) is 4.45. The summed E-state index contributed by atoms with van der Waals surface area (Å²) in [5.41, 5.74) is 1.55. The molecule has 3 N–H and O–H groups in total. The maximum atomic E-state index is 11.6. The summed E-state index contributed by atoms with van der Waals surface area (Å²) in [6.07, 6.45) is 0.782. The van der Waals surface area contributed by atoms with Gasteiger partial charge in [-0.1, -0.05) is 42.5 Å². The van der Waals surface area contributed by atoms with Crippen molar-refractivity contribution in [3.63, 3.8) is 0 Å². The van der Waals surface area contributed by atoms with Crippen LogP contribution in [-0.2, 0) is 14.3 Å². The fourth-order valence-electron chi connectivity index (χ4n) is 2.83. The van der Waals surface area contributed by atoms with Gasteiger partial charge in [-0.3, -0.25) is 5.32 Å². The van der Waals surface area contributed by atoms with Gasteiger partial charge in [-0.05, 0) is 24.7 Å². The average molecular weight is 368 g/mol. The third-order valence-electron chi connectivity index (χ3n) is 4.16.